The second-order valence-corrected chi connectivity index (χ2v) is 7.71. The average Bonchev–Trinajstić information content (AvgIpc) is 3.11. The number of aryl methyl sites for hydroxylation is 1. The highest BCUT2D eigenvalue weighted by Crippen LogP contribution is 2.24. The molecule has 5 heteroatoms. The summed E-state index contributed by atoms with van der Waals surface area (Å²) in [7, 11) is 0. The summed E-state index contributed by atoms with van der Waals surface area (Å²) in [4.78, 5) is 16.8. The second-order valence-electron chi connectivity index (χ2n) is 6.60. The maximum Gasteiger partial charge on any atom is 0.262 e. The monoisotopic (exact) mass is 388 g/mol. The van der Waals surface area contributed by atoms with Gasteiger partial charge in [-0.1, -0.05) is 42.0 Å². The molecule has 4 nitrogen and oxygen atoms in total. The van der Waals surface area contributed by atoms with Gasteiger partial charge in [0.15, 0.2) is 6.61 Å². The van der Waals surface area contributed by atoms with E-state index in [9.17, 15) is 4.79 Å². The molecule has 1 heterocycles. The number of ether oxygens (including phenoxy) is 1. The van der Waals surface area contributed by atoms with E-state index in [1.807, 2.05) is 73.7 Å². The summed E-state index contributed by atoms with van der Waals surface area (Å²) < 4.78 is 6.71. The van der Waals surface area contributed by atoms with Crippen LogP contribution in [0.1, 0.15) is 16.1 Å². The molecule has 0 saturated heterocycles. The number of fused-ring (bicyclic) bond motifs is 1. The van der Waals surface area contributed by atoms with E-state index < -0.39 is 0 Å². The molecule has 0 aliphatic carbocycles. The topological polar surface area (TPSA) is 51.2 Å². The molecule has 0 atom stereocenters. The van der Waals surface area contributed by atoms with Crippen LogP contribution in [0.25, 0.3) is 10.2 Å². The van der Waals surface area contributed by atoms with Crippen LogP contribution in [-0.2, 0) is 11.2 Å². The van der Waals surface area contributed by atoms with Gasteiger partial charge in [-0.2, -0.15) is 0 Å². The lowest BCUT2D eigenvalue weighted by Crippen LogP contribution is -2.20. The van der Waals surface area contributed by atoms with Gasteiger partial charge in [0.2, 0.25) is 0 Å². The number of carbonyl (C=O) groups is 1. The zero-order valence-corrected chi connectivity index (χ0v) is 16.3. The maximum atomic E-state index is 12.1. The third kappa shape index (κ3) is 4.56. The summed E-state index contributed by atoms with van der Waals surface area (Å²) in [5.41, 5.74) is 4.11. The van der Waals surface area contributed by atoms with Crippen molar-refractivity contribution in [2.45, 2.75) is 13.3 Å². The average molecular weight is 388 g/mol. The van der Waals surface area contributed by atoms with Crippen molar-refractivity contribution >= 4 is 33.1 Å². The van der Waals surface area contributed by atoms with Crippen molar-refractivity contribution in [1.29, 1.82) is 0 Å². The summed E-state index contributed by atoms with van der Waals surface area (Å²) in [6.45, 7) is 1.99. The van der Waals surface area contributed by atoms with Crippen LogP contribution >= 0.6 is 11.3 Å². The molecule has 140 valence electrons. The molecule has 4 rings (SSSR count). The number of amides is 1. The Kier molecular flexibility index (Phi) is 5.35. The van der Waals surface area contributed by atoms with Crippen molar-refractivity contribution < 1.29 is 9.53 Å². The molecule has 0 unspecified atom stereocenters. The lowest BCUT2D eigenvalue weighted by atomic mass is 10.1. The predicted octanol–water partition coefficient (Wildman–Crippen LogP) is 5.21. The molecule has 0 radical (unpaired) electrons. The van der Waals surface area contributed by atoms with Crippen LogP contribution in [0, 0.1) is 6.92 Å². The molecule has 4 aromatic rings. The Hall–Kier alpha value is -3.18. The molecule has 1 aromatic heterocycles. The van der Waals surface area contributed by atoms with Gasteiger partial charge in [0.1, 0.15) is 5.75 Å². The number of rotatable bonds is 6. The summed E-state index contributed by atoms with van der Waals surface area (Å²) in [6.07, 6.45) is 0.782. The minimum absolute atomic E-state index is 0.0173. The molecule has 1 amide bonds. The molecule has 3 aromatic carbocycles. The third-order valence-electron chi connectivity index (χ3n) is 4.32. The van der Waals surface area contributed by atoms with Gasteiger partial charge in [0.05, 0.1) is 15.2 Å². The molecule has 0 aliphatic heterocycles. The first-order chi connectivity index (χ1) is 13.7. The Balaban J connectivity index is 1.32. The first kappa shape index (κ1) is 18.2. The van der Waals surface area contributed by atoms with E-state index in [1.54, 1.807) is 11.3 Å². The number of aromatic nitrogens is 1. The largest absolute Gasteiger partial charge is 0.484 e. The van der Waals surface area contributed by atoms with Gasteiger partial charge in [-0.05, 0) is 48.9 Å². The zero-order valence-electron chi connectivity index (χ0n) is 15.5. The standard InChI is InChI=1S/C23H20N2O2S/c1-16-6-12-19(13-7-16)27-15-22(26)24-18-10-8-17(9-11-18)14-23-25-20-4-2-3-5-21(20)28-23/h2-13H,14-15H2,1H3,(H,24,26). The summed E-state index contributed by atoms with van der Waals surface area (Å²) >= 11 is 1.71. The molecular weight excluding hydrogens is 368 g/mol. The number of carbonyl (C=O) groups excluding carboxylic acids is 1. The fourth-order valence-corrected chi connectivity index (χ4v) is 3.86. The Labute approximate surface area is 167 Å². The SMILES string of the molecule is Cc1ccc(OCC(=O)Nc2ccc(Cc3nc4ccccc4s3)cc2)cc1. The van der Waals surface area contributed by atoms with Gasteiger partial charge in [0, 0.05) is 12.1 Å². The van der Waals surface area contributed by atoms with Gasteiger partial charge >= 0.3 is 0 Å². The van der Waals surface area contributed by atoms with Gasteiger partial charge < -0.3 is 10.1 Å². The number of hydrogen-bond acceptors (Lipinski definition) is 4. The van der Waals surface area contributed by atoms with Gasteiger partial charge in [-0.25, -0.2) is 4.98 Å². The molecule has 0 bridgehead atoms. The molecule has 0 saturated carbocycles. The highest BCUT2D eigenvalue weighted by Gasteiger charge is 2.06. The number of thiazole rings is 1. The highest BCUT2D eigenvalue weighted by atomic mass is 32.1. The van der Waals surface area contributed by atoms with E-state index >= 15 is 0 Å². The molecular formula is C23H20N2O2S. The van der Waals surface area contributed by atoms with Crippen molar-refractivity contribution in [2.24, 2.45) is 0 Å². The van der Waals surface area contributed by atoms with Crippen molar-refractivity contribution in [1.82, 2.24) is 4.98 Å². The fourth-order valence-electron chi connectivity index (χ4n) is 2.86. The molecule has 0 fully saturated rings. The zero-order chi connectivity index (χ0) is 19.3. The molecule has 0 spiro atoms. The molecule has 1 N–H and O–H groups in total. The van der Waals surface area contributed by atoms with E-state index in [-0.39, 0.29) is 12.5 Å². The first-order valence-corrected chi connectivity index (χ1v) is 9.90. The van der Waals surface area contributed by atoms with Gasteiger partial charge in [-0.3, -0.25) is 4.79 Å². The van der Waals surface area contributed by atoms with Crippen LogP contribution < -0.4 is 10.1 Å². The van der Waals surface area contributed by atoms with Crippen LogP contribution in [0.15, 0.2) is 72.8 Å². The Morgan fingerprint density at radius 2 is 1.75 bits per heavy atom. The summed E-state index contributed by atoms with van der Waals surface area (Å²) in [5, 5.41) is 3.95. The predicted molar refractivity (Wildman–Crippen MR) is 114 cm³/mol. The van der Waals surface area contributed by atoms with E-state index in [0.29, 0.717) is 5.75 Å². The van der Waals surface area contributed by atoms with Crippen LogP contribution in [0.5, 0.6) is 5.75 Å². The van der Waals surface area contributed by atoms with Crippen molar-refractivity contribution in [3.8, 4) is 5.75 Å². The summed E-state index contributed by atoms with van der Waals surface area (Å²) in [5.74, 6) is 0.506. The smallest absolute Gasteiger partial charge is 0.262 e. The number of para-hydroxylation sites is 1. The van der Waals surface area contributed by atoms with E-state index in [4.69, 9.17) is 4.74 Å². The molecule has 0 aliphatic rings. The minimum Gasteiger partial charge on any atom is -0.484 e. The van der Waals surface area contributed by atoms with Gasteiger partial charge in [0.25, 0.3) is 5.91 Å². The Bertz CT molecular complexity index is 1050. The van der Waals surface area contributed by atoms with E-state index in [0.717, 1.165) is 33.8 Å². The van der Waals surface area contributed by atoms with Gasteiger partial charge in [-0.15, -0.1) is 11.3 Å². The molecule has 28 heavy (non-hydrogen) atoms. The Morgan fingerprint density at radius 3 is 2.50 bits per heavy atom. The second kappa shape index (κ2) is 8.23. The fraction of sp³-hybridized carbons (Fsp3) is 0.130. The van der Waals surface area contributed by atoms with Crippen LogP contribution in [0.3, 0.4) is 0 Å². The number of benzene rings is 3. The van der Waals surface area contributed by atoms with Crippen molar-refractivity contribution in [3.05, 3.63) is 88.9 Å². The van der Waals surface area contributed by atoms with Crippen molar-refractivity contribution in [3.63, 3.8) is 0 Å². The van der Waals surface area contributed by atoms with Crippen molar-refractivity contribution in [2.75, 3.05) is 11.9 Å². The van der Waals surface area contributed by atoms with E-state index in [1.165, 1.54) is 4.70 Å². The summed E-state index contributed by atoms with van der Waals surface area (Å²) in [6, 6.07) is 23.6. The number of anilines is 1. The highest BCUT2D eigenvalue weighted by molar-refractivity contribution is 7.18. The minimum atomic E-state index is -0.181. The van der Waals surface area contributed by atoms with E-state index in [2.05, 4.69) is 16.4 Å². The third-order valence-corrected chi connectivity index (χ3v) is 5.36. The lowest BCUT2D eigenvalue weighted by molar-refractivity contribution is -0.118. The Morgan fingerprint density at radius 1 is 1.00 bits per heavy atom. The number of hydrogen-bond donors (Lipinski definition) is 1. The number of nitrogens with one attached hydrogen (secondary N) is 1. The first-order valence-electron chi connectivity index (χ1n) is 9.08. The van der Waals surface area contributed by atoms with Crippen LogP contribution in [-0.4, -0.2) is 17.5 Å². The van der Waals surface area contributed by atoms with Crippen LogP contribution in [0.2, 0.25) is 0 Å². The lowest BCUT2D eigenvalue weighted by Gasteiger charge is -2.08. The number of nitrogens with zero attached hydrogens (tertiary/aromatic N) is 1. The quantitative estimate of drug-likeness (QED) is 0.493. The maximum absolute atomic E-state index is 12.1. The normalized spacial score (nSPS) is 10.8. The van der Waals surface area contributed by atoms with Crippen LogP contribution in [0.4, 0.5) is 5.69 Å².